The van der Waals surface area contributed by atoms with Crippen LogP contribution < -0.4 is 0 Å². The number of hydrogen-bond acceptors (Lipinski definition) is 3. The molecular weight excluding hydrogens is 168 g/mol. The van der Waals surface area contributed by atoms with E-state index < -0.39 is 5.60 Å². The molecule has 3 nitrogen and oxygen atoms in total. The SMILES string of the molecule is OCC1(C2(O)CCC2)CCCOC1. The molecule has 0 radical (unpaired) electrons. The minimum absolute atomic E-state index is 0.0590. The lowest BCUT2D eigenvalue weighted by atomic mass is 9.59. The topological polar surface area (TPSA) is 49.7 Å². The molecule has 13 heavy (non-hydrogen) atoms. The fraction of sp³-hybridized carbons (Fsp3) is 1.00. The Morgan fingerprint density at radius 1 is 1.15 bits per heavy atom. The molecule has 1 saturated carbocycles. The third-order valence-electron chi connectivity index (χ3n) is 3.79. The van der Waals surface area contributed by atoms with Gasteiger partial charge in [-0.05, 0) is 32.1 Å². The second-order valence-corrected chi connectivity index (χ2v) is 4.48. The van der Waals surface area contributed by atoms with Gasteiger partial charge in [0.15, 0.2) is 0 Å². The van der Waals surface area contributed by atoms with Crippen molar-refractivity contribution in [3.8, 4) is 0 Å². The van der Waals surface area contributed by atoms with Crippen LogP contribution in [0.25, 0.3) is 0 Å². The van der Waals surface area contributed by atoms with Gasteiger partial charge < -0.3 is 14.9 Å². The van der Waals surface area contributed by atoms with Crippen molar-refractivity contribution >= 4 is 0 Å². The molecule has 1 aliphatic heterocycles. The summed E-state index contributed by atoms with van der Waals surface area (Å²) in [5.41, 5.74) is -0.994. The van der Waals surface area contributed by atoms with Gasteiger partial charge in [0.25, 0.3) is 0 Å². The molecule has 2 N–H and O–H groups in total. The first-order valence-corrected chi connectivity index (χ1v) is 5.13. The molecule has 0 aromatic heterocycles. The molecule has 1 atom stereocenters. The molecule has 2 fully saturated rings. The molecule has 1 aliphatic carbocycles. The molecule has 0 amide bonds. The normalized spacial score (nSPS) is 38.3. The summed E-state index contributed by atoms with van der Waals surface area (Å²) in [7, 11) is 0. The molecule has 1 saturated heterocycles. The third-order valence-corrected chi connectivity index (χ3v) is 3.79. The van der Waals surface area contributed by atoms with E-state index >= 15 is 0 Å². The van der Waals surface area contributed by atoms with Crippen LogP contribution in [0.5, 0.6) is 0 Å². The minimum Gasteiger partial charge on any atom is -0.396 e. The summed E-state index contributed by atoms with van der Waals surface area (Å²) in [4.78, 5) is 0. The number of hydrogen-bond donors (Lipinski definition) is 2. The van der Waals surface area contributed by atoms with Crippen molar-refractivity contribution in [1.82, 2.24) is 0 Å². The molecule has 0 bridgehead atoms. The standard InChI is InChI=1S/C10H18O3/c11-7-9(3-2-6-13-8-9)10(12)4-1-5-10/h11-12H,1-8H2. The van der Waals surface area contributed by atoms with Gasteiger partial charge in [0.05, 0.1) is 18.8 Å². The van der Waals surface area contributed by atoms with E-state index in [1.165, 1.54) is 0 Å². The van der Waals surface area contributed by atoms with E-state index in [9.17, 15) is 10.2 Å². The number of ether oxygens (including phenoxy) is 1. The summed E-state index contributed by atoms with van der Waals surface area (Å²) in [6, 6.07) is 0. The lowest BCUT2D eigenvalue weighted by molar-refractivity contribution is -0.201. The molecule has 1 unspecified atom stereocenters. The van der Waals surface area contributed by atoms with E-state index in [0.29, 0.717) is 6.61 Å². The van der Waals surface area contributed by atoms with E-state index in [1.807, 2.05) is 0 Å². The molecule has 0 aromatic rings. The second-order valence-electron chi connectivity index (χ2n) is 4.48. The first kappa shape index (κ1) is 9.44. The zero-order valence-corrected chi connectivity index (χ0v) is 7.96. The van der Waals surface area contributed by atoms with Crippen LogP contribution in [0.1, 0.15) is 32.1 Å². The van der Waals surface area contributed by atoms with Gasteiger partial charge in [-0.15, -0.1) is 0 Å². The maximum atomic E-state index is 10.2. The fourth-order valence-electron chi connectivity index (χ4n) is 2.53. The van der Waals surface area contributed by atoms with Crippen molar-refractivity contribution in [2.24, 2.45) is 5.41 Å². The van der Waals surface area contributed by atoms with Crippen molar-refractivity contribution in [2.45, 2.75) is 37.7 Å². The zero-order chi connectivity index (χ0) is 9.36. The van der Waals surface area contributed by atoms with Crippen LogP contribution >= 0.6 is 0 Å². The highest BCUT2D eigenvalue weighted by Crippen LogP contribution is 2.49. The number of aliphatic hydroxyl groups excluding tert-OH is 1. The summed E-state index contributed by atoms with van der Waals surface area (Å²) in [5, 5.41) is 19.6. The Balaban J connectivity index is 2.12. The van der Waals surface area contributed by atoms with Crippen LogP contribution in [0.15, 0.2) is 0 Å². The van der Waals surface area contributed by atoms with E-state index in [0.717, 1.165) is 38.7 Å². The molecule has 2 rings (SSSR count). The molecule has 0 aromatic carbocycles. The summed E-state index contributed by atoms with van der Waals surface area (Å²) in [6.07, 6.45) is 4.61. The number of aliphatic hydroxyl groups is 2. The fourth-order valence-corrected chi connectivity index (χ4v) is 2.53. The van der Waals surface area contributed by atoms with E-state index in [1.54, 1.807) is 0 Å². The number of rotatable bonds is 2. The second kappa shape index (κ2) is 3.23. The molecule has 3 heteroatoms. The molecular formula is C10H18O3. The van der Waals surface area contributed by atoms with Gasteiger partial charge in [-0.1, -0.05) is 0 Å². The first-order chi connectivity index (χ1) is 6.22. The van der Waals surface area contributed by atoms with Gasteiger partial charge in [0, 0.05) is 12.0 Å². The van der Waals surface area contributed by atoms with Crippen LogP contribution in [-0.4, -0.2) is 35.6 Å². The molecule has 0 spiro atoms. The van der Waals surface area contributed by atoms with Gasteiger partial charge >= 0.3 is 0 Å². The quantitative estimate of drug-likeness (QED) is 0.667. The van der Waals surface area contributed by atoms with E-state index in [2.05, 4.69) is 0 Å². The molecule has 76 valence electrons. The zero-order valence-electron chi connectivity index (χ0n) is 7.96. The van der Waals surface area contributed by atoms with Gasteiger partial charge in [-0.25, -0.2) is 0 Å². The van der Waals surface area contributed by atoms with Crippen LogP contribution in [0.4, 0.5) is 0 Å². The summed E-state index contributed by atoms with van der Waals surface area (Å²) in [5.74, 6) is 0. The predicted octanol–water partition coefficient (Wildman–Crippen LogP) is 0.690. The van der Waals surface area contributed by atoms with Crippen molar-refractivity contribution in [3.63, 3.8) is 0 Å². The largest absolute Gasteiger partial charge is 0.396 e. The van der Waals surface area contributed by atoms with Gasteiger partial charge in [0.1, 0.15) is 0 Å². The lowest BCUT2D eigenvalue weighted by Crippen LogP contribution is -2.58. The van der Waals surface area contributed by atoms with Crippen molar-refractivity contribution in [1.29, 1.82) is 0 Å². The average molecular weight is 186 g/mol. The van der Waals surface area contributed by atoms with Crippen molar-refractivity contribution < 1.29 is 14.9 Å². The highest BCUT2D eigenvalue weighted by atomic mass is 16.5. The highest BCUT2D eigenvalue weighted by Gasteiger charge is 2.54. The van der Waals surface area contributed by atoms with E-state index in [4.69, 9.17) is 4.74 Å². The third kappa shape index (κ3) is 1.30. The van der Waals surface area contributed by atoms with Crippen molar-refractivity contribution in [3.05, 3.63) is 0 Å². The van der Waals surface area contributed by atoms with Crippen molar-refractivity contribution in [2.75, 3.05) is 19.8 Å². The molecule has 2 aliphatic rings. The molecule has 1 heterocycles. The summed E-state index contributed by atoms with van der Waals surface area (Å²) >= 11 is 0. The Morgan fingerprint density at radius 2 is 1.92 bits per heavy atom. The smallest absolute Gasteiger partial charge is 0.0747 e. The van der Waals surface area contributed by atoms with Gasteiger partial charge in [-0.2, -0.15) is 0 Å². The Labute approximate surface area is 78.7 Å². The van der Waals surface area contributed by atoms with Crippen LogP contribution in [0.2, 0.25) is 0 Å². The Hall–Kier alpha value is -0.120. The Morgan fingerprint density at radius 3 is 2.31 bits per heavy atom. The van der Waals surface area contributed by atoms with Gasteiger partial charge in [0.2, 0.25) is 0 Å². The predicted molar refractivity (Wildman–Crippen MR) is 48.4 cm³/mol. The summed E-state index contributed by atoms with van der Waals surface area (Å²) in [6.45, 7) is 1.36. The average Bonchev–Trinajstić information content (AvgIpc) is 2.15. The minimum atomic E-state index is -0.637. The first-order valence-electron chi connectivity index (χ1n) is 5.13. The highest BCUT2D eigenvalue weighted by molar-refractivity contribution is 5.04. The van der Waals surface area contributed by atoms with E-state index in [-0.39, 0.29) is 12.0 Å². The van der Waals surface area contributed by atoms with Crippen LogP contribution in [0, 0.1) is 5.41 Å². The summed E-state index contributed by atoms with van der Waals surface area (Å²) < 4.78 is 5.38. The Kier molecular flexibility index (Phi) is 2.34. The maximum absolute atomic E-state index is 10.2. The van der Waals surface area contributed by atoms with Crippen LogP contribution in [0.3, 0.4) is 0 Å². The maximum Gasteiger partial charge on any atom is 0.0747 e. The monoisotopic (exact) mass is 186 g/mol. The lowest BCUT2D eigenvalue weighted by Gasteiger charge is -2.53. The van der Waals surface area contributed by atoms with Crippen LogP contribution in [-0.2, 0) is 4.74 Å². The Bertz CT molecular complexity index is 181. The van der Waals surface area contributed by atoms with Gasteiger partial charge in [-0.3, -0.25) is 0 Å².